The maximum atomic E-state index is 14.5. The van der Waals surface area contributed by atoms with Gasteiger partial charge in [-0.3, -0.25) is 4.79 Å². The van der Waals surface area contributed by atoms with Gasteiger partial charge in [-0.15, -0.1) is 0 Å². The van der Waals surface area contributed by atoms with Gasteiger partial charge in [0.25, 0.3) is 5.91 Å². The monoisotopic (exact) mass is 462 g/mol. The third-order valence-electron chi connectivity index (χ3n) is 6.09. The maximum Gasteiger partial charge on any atom is 0.269 e. The summed E-state index contributed by atoms with van der Waals surface area (Å²) in [6.07, 6.45) is 11.1. The Hall–Kier alpha value is -3.92. The van der Waals surface area contributed by atoms with Crippen molar-refractivity contribution in [1.29, 1.82) is 0 Å². The Labute approximate surface area is 195 Å². The second kappa shape index (κ2) is 8.45. The third kappa shape index (κ3) is 4.19. The molecule has 4 aromatic heterocycles. The highest BCUT2D eigenvalue weighted by Crippen LogP contribution is 2.40. The molecule has 0 saturated heterocycles. The Morgan fingerprint density at radius 1 is 1.29 bits per heavy atom. The van der Waals surface area contributed by atoms with Gasteiger partial charge in [-0.2, -0.15) is 0 Å². The molecule has 0 aromatic carbocycles. The van der Waals surface area contributed by atoms with Crippen LogP contribution in [0.3, 0.4) is 0 Å². The molecule has 0 aliphatic heterocycles. The highest BCUT2D eigenvalue weighted by Gasteiger charge is 2.24. The van der Waals surface area contributed by atoms with Gasteiger partial charge in [0.15, 0.2) is 5.82 Å². The number of aromatic nitrogens is 4. The summed E-state index contributed by atoms with van der Waals surface area (Å²) in [6, 6.07) is 3.86. The Morgan fingerprint density at radius 3 is 2.85 bits per heavy atom. The molecule has 0 unspecified atom stereocenters. The minimum Gasteiger partial charge on any atom is -0.393 e. The van der Waals surface area contributed by atoms with Gasteiger partial charge >= 0.3 is 0 Å². The van der Waals surface area contributed by atoms with Crippen LogP contribution in [-0.4, -0.2) is 29.7 Å². The molecule has 4 aromatic rings. The van der Waals surface area contributed by atoms with E-state index in [0.29, 0.717) is 22.7 Å². The average Bonchev–Trinajstić information content (AvgIpc) is 3.44. The van der Waals surface area contributed by atoms with E-state index in [1.807, 2.05) is 10.6 Å². The number of hydrogen-bond donors (Lipinski definition) is 3. The van der Waals surface area contributed by atoms with Gasteiger partial charge in [-0.1, -0.05) is 6.07 Å². The van der Waals surface area contributed by atoms with Crippen molar-refractivity contribution in [1.82, 2.24) is 29.1 Å². The van der Waals surface area contributed by atoms with E-state index in [-0.39, 0.29) is 24.6 Å². The lowest BCUT2D eigenvalue weighted by atomic mass is 10.1. The van der Waals surface area contributed by atoms with Crippen molar-refractivity contribution in [3.63, 3.8) is 0 Å². The van der Waals surface area contributed by atoms with E-state index in [0.717, 1.165) is 16.9 Å². The van der Waals surface area contributed by atoms with Gasteiger partial charge in [0.2, 0.25) is 0 Å². The van der Waals surface area contributed by atoms with Gasteiger partial charge in [-0.25, -0.2) is 20.2 Å². The van der Waals surface area contributed by atoms with E-state index in [2.05, 4.69) is 34.5 Å². The minimum atomic E-state index is -0.524. The fourth-order valence-corrected chi connectivity index (χ4v) is 4.13. The third-order valence-corrected chi connectivity index (χ3v) is 6.09. The average molecular weight is 463 g/mol. The van der Waals surface area contributed by atoms with Crippen LogP contribution in [0.1, 0.15) is 46.8 Å². The van der Waals surface area contributed by atoms with Crippen molar-refractivity contribution in [2.45, 2.75) is 45.7 Å². The van der Waals surface area contributed by atoms with Crippen molar-refractivity contribution in [3.05, 3.63) is 82.8 Å². The highest BCUT2D eigenvalue weighted by atomic mass is 19.1. The van der Waals surface area contributed by atoms with Crippen LogP contribution in [-0.2, 0) is 17.9 Å². The van der Waals surface area contributed by atoms with Crippen LogP contribution in [0.2, 0.25) is 0 Å². The minimum absolute atomic E-state index is 0.0316. The zero-order chi connectivity index (χ0) is 24.0. The van der Waals surface area contributed by atoms with Crippen molar-refractivity contribution in [3.8, 4) is 0 Å². The number of nitrogens with zero attached hydrogens (tertiary/aromatic N) is 5. The smallest absolute Gasteiger partial charge is 0.269 e. The molecule has 5 N–H and O–H groups in total. The van der Waals surface area contributed by atoms with Gasteiger partial charge in [-0.05, 0) is 55.4 Å². The van der Waals surface area contributed by atoms with E-state index < -0.39 is 5.91 Å². The first kappa shape index (κ1) is 21.9. The van der Waals surface area contributed by atoms with Crippen molar-refractivity contribution in [2.24, 2.45) is 11.6 Å². The number of nitrogens with one attached hydrogen (secondary N) is 1. The number of halogens is 1. The molecule has 1 fully saturated rings. The van der Waals surface area contributed by atoms with Crippen molar-refractivity contribution in [2.75, 3.05) is 0 Å². The maximum absolute atomic E-state index is 14.5. The van der Waals surface area contributed by atoms with E-state index in [4.69, 9.17) is 11.6 Å². The number of nitrogens with two attached hydrogens (primary N) is 2. The van der Waals surface area contributed by atoms with Gasteiger partial charge in [0.1, 0.15) is 16.9 Å². The molecule has 1 aliphatic carbocycles. The predicted octanol–water partition coefficient (Wildman–Crippen LogP) is 2.41. The zero-order valence-electron chi connectivity index (χ0n) is 19.1. The molecule has 1 aliphatic rings. The summed E-state index contributed by atoms with van der Waals surface area (Å²) in [6.45, 7) is 4.04. The number of aryl methyl sites for hydroxylation is 2. The van der Waals surface area contributed by atoms with Gasteiger partial charge in [0, 0.05) is 24.8 Å². The summed E-state index contributed by atoms with van der Waals surface area (Å²) in [5.41, 5.74) is 11.2. The molecule has 34 heavy (non-hydrogen) atoms. The second-order valence-corrected chi connectivity index (χ2v) is 8.89. The largest absolute Gasteiger partial charge is 0.393 e. The number of carbonyl (C=O) groups excluding carboxylic acids is 1. The highest BCUT2D eigenvalue weighted by molar-refractivity contribution is 5.92. The molecule has 4 heterocycles. The van der Waals surface area contributed by atoms with Crippen LogP contribution in [0.25, 0.3) is 11.2 Å². The normalized spacial score (nSPS) is 14.2. The van der Waals surface area contributed by atoms with Crippen molar-refractivity contribution >= 4 is 17.1 Å². The molecule has 0 bridgehead atoms. The van der Waals surface area contributed by atoms with E-state index in [9.17, 15) is 9.18 Å². The molecular formula is C24H27FN8O. The predicted molar refractivity (Wildman–Crippen MR) is 126 cm³/mol. The molecule has 5 rings (SSSR count). The van der Waals surface area contributed by atoms with Crippen LogP contribution in [0.15, 0.2) is 48.9 Å². The standard InChI is InChI=1S/C24H27FN8O/c1-14-5-6-31-13-29-20(22(31)21(14)25)8-28-24(34)19(26)12-33(27)11-18-10-32-9-17(16-3-4-16)7-15(2)23(32)30-18/h5-7,9-10,12-13,16H,3-4,8,11,26-27H2,1-2H3,(H,28,34)/b19-12-. The summed E-state index contributed by atoms with van der Waals surface area (Å²) >= 11 is 0. The van der Waals surface area contributed by atoms with Gasteiger partial charge in [0.05, 0.1) is 30.8 Å². The molecule has 1 saturated carbocycles. The molecule has 10 heteroatoms. The summed E-state index contributed by atoms with van der Waals surface area (Å²) < 4.78 is 18.1. The number of hydrogen-bond acceptors (Lipinski definition) is 6. The Kier molecular flexibility index (Phi) is 5.45. The molecule has 0 spiro atoms. The Bertz CT molecular complexity index is 1430. The zero-order valence-corrected chi connectivity index (χ0v) is 19.1. The van der Waals surface area contributed by atoms with Crippen LogP contribution in [0.5, 0.6) is 0 Å². The number of hydrazine groups is 1. The molecular weight excluding hydrogens is 435 g/mol. The van der Waals surface area contributed by atoms with Crippen molar-refractivity contribution < 1.29 is 9.18 Å². The lowest BCUT2D eigenvalue weighted by molar-refractivity contribution is -0.117. The summed E-state index contributed by atoms with van der Waals surface area (Å²) in [5, 5.41) is 3.99. The first-order chi connectivity index (χ1) is 16.3. The number of imidazole rings is 2. The van der Waals surface area contributed by atoms with Gasteiger partial charge < -0.3 is 24.9 Å². The molecule has 0 atom stereocenters. The van der Waals surface area contributed by atoms with Crippen LogP contribution in [0, 0.1) is 19.7 Å². The van der Waals surface area contributed by atoms with E-state index >= 15 is 0 Å². The number of rotatable bonds is 7. The topological polar surface area (TPSA) is 119 Å². The number of pyridine rings is 2. The molecule has 0 radical (unpaired) electrons. The van der Waals surface area contributed by atoms with E-state index in [1.165, 1.54) is 35.9 Å². The molecule has 9 nitrogen and oxygen atoms in total. The van der Waals surface area contributed by atoms with E-state index in [1.54, 1.807) is 23.6 Å². The second-order valence-electron chi connectivity index (χ2n) is 8.89. The first-order valence-corrected chi connectivity index (χ1v) is 11.2. The Balaban J connectivity index is 1.24. The quantitative estimate of drug-likeness (QED) is 0.220. The van der Waals surface area contributed by atoms with Crippen LogP contribution >= 0.6 is 0 Å². The first-order valence-electron chi connectivity index (χ1n) is 11.2. The molecule has 1 amide bonds. The fraction of sp³-hybridized carbons (Fsp3) is 0.292. The SMILES string of the molecule is Cc1ccn2cnc(CNC(=O)/C(N)=C/N(N)Cc3cn4cc(C5CC5)cc(C)c4n3)c2c1F. The number of carbonyl (C=O) groups is 1. The van der Waals surface area contributed by atoms with Crippen LogP contribution in [0.4, 0.5) is 4.39 Å². The number of amides is 1. The summed E-state index contributed by atoms with van der Waals surface area (Å²) in [4.78, 5) is 21.3. The number of fused-ring (bicyclic) bond motifs is 2. The summed E-state index contributed by atoms with van der Waals surface area (Å²) in [7, 11) is 0. The lowest BCUT2D eigenvalue weighted by Gasteiger charge is -2.13. The Morgan fingerprint density at radius 2 is 2.09 bits per heavy atom. The lowest BCUT2D eigenvalue weighted by Crippen LogP contribution is -2.32. The fourth-order valence-electron chi connectivity index (χ4n) is 4.13. The van der Waals surface area contributed by atoms with Crippen LogP contribution < -0.4 is 16.9 Å². The summed E-state index contributed by atoms with van der Waals surface area (Å²) in [5.74, 6) is 5.84. The molecule has 176 valence electrons.